The lowest BCUT2D eigenvalue weighted by atomic mass is 10.1. The summed E-state index contributed by atoms with van der Waals surface area (Å²) in [5, 5.41) is 29.2. The number of phenols is 3. The molecule has 0 bridgehead atoms. The minimum absolute atomic E-state index is 0.299. The molecule has 0 fully saturated rings. The third-order valence-corrected chi connectivity index (χ3v) is 2.52. The van der Waals surface area contributed by atoms with Crippen LogP contribution in [0.4, 0.5) is 0 Å². The molecule has 0 aliphatic rings. The molecule has 4 heteroatoms. The Morgan fingerprint density at radius 2 is 1.64 bits per heavy atom. The molecule has 14 heavy (non-hydrogen) atoms. The lowest BCUT2D eigenvalue weighted by Crippen LogP contribution is -1.77. The molecule has 2 rings (SSSR count). The van der Waals surface area contributed by atoms with E-state index >= 15 is 0 Å². The van der Waals surface area contributed by atoms with Crippen LogP contribution in [0, 0.1) is 0 Å². The Labute approximate surface area is 88.4 Å². The second kappa shape index (κ2) is 3.06. The van der Waals surface area contributed by atoms with E-state index in [1.165, 1.54) is 6.07 Å². The fraction of sp³-hybridized carbons (Fsp3) is 0. The maximum absolute atomic E-state index is 9.50. The highest BCUT2D eigenvalue weighted by Crippen LogP contribution is 2.41. The summed E-state index contributed by atoms with van der Waals surface area (Å²) in [5.41, 5.74) is 0. The molecule has 3 N–H and O–H groups in total. The van der Waals surface area contributed by atoms with E-state index < -0.39 is 5.75 Å². The van der Waals surface area contributed by atoms with Crippen LogP contribution in [-0.4, -0.2) is 15.3 Å². The lowest BCUT2D eigenvalue weighted by Gasteiger charge is -2.05. The van der Waals surface area contributed by atoms with Crippen LogP contribution < -0.4 is 0 Å². The molecule has 0 heterocycles. The second-order valence-electron chi connectivity index (χ2n) is 2.96. The zero-order valence-electron chi connectivity index (χ0n) is 7.03. The number of hydrogen-bond donors (Lipinski definition) is 3. The first-order chi connectivity index (χ1) is 6.59. The summed E-state index contributed by atoms with van der Waals surface area (Å²) < 4.78 is 0.842. The van der Waals surface area contributed by atoms with Gasteiger partial charge in [0.1, 0.15) is 0 Å². The Bertz CT molecular complexity index is 508. The third kappa shape index (κ3) is 1.28. The molecule has 0 radical (unpaired) electrons. The van der Waals surface area contributed by atoms with Crippen LogP contribution in [-0.2, 0) is 0 Å². The summed E-state index contributed by atoms with van der Waals surface area (Å²) in [7, 11) is 0. The monoisotopic (exact) mass is 254 g/mol. The molecule has 0 aromatic heterocycles. The molecular formula is C10H7BrO3. The van der Waals surface area contributed by atoms with Crippen molar-refractivity contribution in [3.63, 3.8) is 0 Å². The molecule has 0 aliphatic heterocycles. The van der Waals surface area contributed by atoms with Crippen molar-refractivity contribution in [2.24, 2.45) is 0 Å². The van der Waals surface area contributed by atoms with Crippen molar-refractivity contribution in [1.29, 1.82) is 0 Å². The van der Waals surface area contributed by atoms with Crippen molar-refractivity contribution in [2.45, 2.75) is 0 Å². The molecule has 0 amide bonds. The first-order valence-corrected chi connectivity index (χ1v) is 4.72. The number of halogens is 1. The molecule has 0 aliphatic carbocycles. The maximum atomic E-state index is 9.50. The predicted molar refractivity (Wildman–Crippen MR) is 56.6 cm³/mol. The van der Waals surface area contributed by atoms with Crippen LogP contribution in [0.15, 0.2) is 28.7 Å². The van der Waals surface area contributed by atoms with Crippen molar-refractivity contribution >= 4 is 26.7 Å². The fourth-order valence-electron chi connectivity index (χ4n) is 1.33. The average Bonchev–Trinajstić information content (AvgIpc) is 2.14. The average molecular weight is 255 g/mol. The number of hydrogen-bond acceptors (Lipinski definition) is 3. The van der Waals surface area contributed by atoms with Gasteiger partial charge in [0, 0.05) is 9.86 Å². The fourth-order valence-corrected chi connectivity index (χ4v) is 1.71. The Kier molecular flexibility index (Phi) is 2.00. The van der Waals surface area contributed by atoms with Gasteiger partial charge in [-0.25, -0.2) is 0 Å². The first kappa shape index (κ1) is 9.15. The summed E-state index contributed by atoms with van der Waals surface area (Å²) in [6.07, 6.45) is 0. The van der Waals surface area contributed by atoms with Gasteiger partial charge in [0.25, 0.3) is 0 Å². The largest absolute Gasteiger partial charge is 0.504 e. The van der Waals surface area contributed by atoms with Crippen molar-refractivity contribution in [2.75, 3.05) is 0 Å². The minimum Gasteiger partial charge on any atom is -0.504 e. The van der Waals surface area contributed by atoms with Gasteiger partial charge < -0.3 is 15.3 Å². The molecule has 2 aromatic carbocycles. The summed E-state index contributed by atoms with van der Waals surface area (Å²) in [6, 6.07) is 6.55. The normalized spacial score (nSPS) is 10.6. The molecule has 0 saturated carbocycles. The topological polar surface area (TPSA) is 60.7 Å². The molecule has 72 valence electrons. The van der Waals surface area contributed by atoms with Gasteiger partial charge in [0.15, 0.2) is 11.5 Å². The summed E-state index contributed by atoms with van der Waals surface area (Å²) in [6.45, 7) is 0. The number of benzene rings is 2. The van der Waals surface area contributed by atoms with E-state index in [1.54, 1.807) is 18.2 Å². The highest BCUT2D eigenvalue weighted by Gasteiger charge is 2.10. The highest BCUT2D eigenvalue weighted by atomic mass is 79.9. The molecule has 2 aromatic rings. The van der Waals surface area contributed by atoms with Crippen LogP contribution >= 0.6 is 15.9 Å². The van der Waals surface area contributed by atoms with E-state index in [-0.39, 0.29) is 11.5 Å². The molecule has 0 spiro atoms. The van der Waals surface area contributed by atoms with Crippen LogP contribution in [0.25, 0.3) is 10.8 Å². The van der Waals surface area contributed by atoms with Gasteiger partial charge in [-0.2, -0.15) is 0 Å². The number of phenolic OH excluding ortho intramolecular Hbond substituents is 3. The van der Waals surface area contributed by atoms with Gasteiger partial charge in [0.2, 0.25) is 5.75 Å². The predicted octanol–water partition coefficient (Wildman–Crippen LogP) is 2.72. The van der Waals surface area contributed by atoms with Gasteiger partial charge in [-0.1, -0.05) is 15.9 Å². The Balaban J connectivity index is 2.91. The first-order valence-electron chi connectivity index (χ1n) is 3.93. The van der Waals surface area contributed by atoms with E-state index in [0.717, 1.165) is 4.47 Å². The molecule has 0 atom stereocenters. The maximum Gasteiger partial charge on any atom is 0.200 e. The minimum atomic E-state index is -0.486. The van der Waals surface area contributed by atoms with Crippen LogP contribution in [0.2, 0.25) is 0 Å². The van der Waals surface area contributed by atoms with Gasteiger partial charge in [-0.15, -0.1) is 0 Å². The van der Waals surface area contributed by atoms with Crippen LogP contribution in [0.1, 0.15) is 0 Å². The van der Waals surface area contributed by atoms with Crippen molar-refractivity contribution in [1.82, 2.24) is 0 Å². The van der Waals surface area contributed by atoms with Crippen molar-refractivity contribution in [3.8, 4) is 17.2 Å². The summed E-state index contributed by atoms with van der Waals surface area (Å²) >= 11 is 3.27. The number of aromatic hydroxyl groups is 3. The van der Waals surface area contributed by atoms with E-state index in [4.69, 9.17) is 0 Å². The molecule has 0 saturated heterocycles. The number of rotatable bonds is 0. The van der Waals surface area contributed by atoms with Gasteiger partial charge in [-0.05, 0) is 29.7 Å². The molecule has 3 nitrogen and oxygen atoms in total. The Morgan fingerprint density at radius 1 is 0.929 bits per heavy atom. The lowest BCUT2D eigenvalue weighted by molar-refractivity contribution is 0.371. The van der Waals surface area contributed by atoms with Crippen LogP contribution in [0.3, 0.4) is 0 Å². The standard InChI is InChI=1S/C10H7BrO3/c11-6-1-2-7-5(3-6)4-8(12)10(14)9(7)13/h1-4,12-14H. The van der Waals surface area contributed by atoms with Gasteiger partial charge >= 0.3 is 0 Å². The third-order valence-electron chi connectivity index (χ3n) is 2.03. The zero-order valence-corrected chi connectivity index (χ0v) is 8.62. The van der Waals surface area contributed by atoms with E-state index in [1.807, 2.05) is 0 Å². The molecular weight excluding hydrogens is 248 g/mol. The summed E-state index contributed by atoms with van der Waals surface area (Å²) in [4.78, 5) is 0. The number of fused-ring (bicyclic) bond motifs is 1. The SMILES string of the molecule is Oc1cc2cc(Br)ccc2c(O)c1O. The quantitative estimate of drug-likeness (QED) is 0.634. The van der Waals surface area contributed by atoms with Gasteiger partial charge in [-0.3, -0.25) is 0 Å². The van der Waals surface area contributed by atoms with Crippen molar-refractivity contribution in [3.05, 3.63) is 28.7 Å². The Hall–Kier alpha value is -1.42. The molecule has 0 unspecified atom stereocenters. The van der Waals surface area contributed by atoms with E-state index in [0.29, 0.717) is 10.8 Å². The van der Waals surface area contributed by atoms with Crippen molar-refractivity contribution < 1.29 is 15.3 Å². The highest BCUT2D eigenvalue weighted by molar-refractivity contribution is 9.10. The van der Waals surface area contributed by atoms with E-state index in [9.17, 15) is 15.3 Å². The summed E-state index contributed by atoms with van der Waals surface area (Å²) in [5.74, 6) is -1.11. The van der Waals surface area contributed by atoms with E-state index in [2.05, 4.69) is 15.9 Å². The van der Waals surface area contributed by atoms with Crippen LogP contribution in [0.5, 0.6) is 17.2 Å². The smallest absolute Gasteiger partial charge is 0.200 e. The van der Waals surface area contributed by atoms with Gasteiger partial charge in [0.05, 0.1) is 0 Å². The Morgan fingerprint density at radius 3 is 2.36 bits per heavy atom. The zero-order chi connectivity index (χ0) is 10.3. The second-order valence-corrected chi connectivity index (χ2v) is 3.87.